The molecule has 0 atom stereocenters. The molecular weight excluding hydrogens is 352 g/mol. The number of rotatable bonds is 3. The molecule has 0 aliphatic rings. The quantitative estimate of drug-likeness (QED) is 0.373. The fraction of sp³-hybridized carbons (Fsp3) is 0.0556. The third-order valence-corrected chi connectivity index (χ3v) is 4.17. The number of nitrogens with two attached hydrogens (primary N) is 1. The summed E-state index contributed by atoms with van der Waals surface area (Å²) in [5.74, 6) is -0.224. The van der Waals surface area contributed by atoms with Gasteiger partial charge in [0.1, 0.15) is 5.82 Å². The van der Waals surface area contributed by atoms with E-state index < -0.39 is 12.0 Å². The first-order chi connectivity index (χ1) is 12.5. The lowest BCUT2D eigenvalue weighted by molar-refractivity contribution is 0.0602. The molecule has 1 aromatic heterocycles. The Balaban J connectivity index is 1.84. The molecule has 7 nitrogen and oxygen atoms in total. The van der Waals surface area contributed by atoms with Gasteiger partial charge in [0.2, 0.25) is 0 Å². The van der Waals surface area contributed by atoms with Crippen molar-refractivity contribution in [3.63, 3.8) is 0 Å². The first-order valence-electron chi connectivity index (χ1n) is 7.63. The number of methoxy groups -OCH3 is 1. The van der Waals surface area contributed by atoms with Gasteiger partial charge in [-0.05, 0) is 23.6 Å². The molecule has 0 saturated heterocycles. The monoisotopic (exact) mass is 368 g/mol. The molecule has 3 aromatic rings. The smallest absolute Gasteiger partial charge is 0.340 e. The van der Waals surface area contributed by atoms with Gasteiger partial charge in [-0.2, -0.15) is 0 Å². The van der Waals surface area contributed by atoms with E-state index >= 15 is 0 Å². The number of amides is 2. The van der Waals surface area contributed by atoms with E-state index in [-0.39, 0.29) is 16.9 Å². The maximum absolute atomic E-state index is 12.5. The second-order valence-corrected chi connectivity index (χ2v) is 5.79. The summed E-state index contributed by atoms with van der Waals surface area (Å²) in [5.41, 5.74) is 6.49. The van der Waals surface area contributed by atoms with Crippen LogP contribution >= 0.6 is 12.8 Å². The average Bonchev–Trinajstić information content (AvgIpc) is 2.67. The van der Waals surface area contributed by atoms with E-state index in [1.54, 1.807) is 24.4 Å². The van der Waals surface area contributed by atoms with Crippen molar-refractivity contribution in [2.45, 2.75) is 0 Å². The first kappa shape index (κ1) is 17.6. The van der Waals surface area contributed by atoms with Crippen LogP contribution in [0.25, 0.3) is 10.8 Å². The van der Waals surface area contributed by atoms with Crippen molar-refractivity contribution < 1.29 is 14.3 Å². The number of hydrogen-bond donors (Lipinski definition) is 3. The minimum atomic E-state index is -0.595. The molecule has 8 heteroatoms. The SMILES string of the molecule is COC(=O)c1cccc(N(S)C(=O)Nc2cc3ccccc3cn2)c1N. The summed E-state index contributed by atoms with van der Waals surface area (Å²) in [4.78, 5) is 28.4. The molecule has 2 amide bonds. The summed E-state index contributed by atoms with van der Waals surface area (Å²) in [5, 5.41) is 4.55. The lowest BCUT2D eigenvalue weighted by Crippen LogP contribution is -2.28. The molecule has 0 saturated carbocycles. The fourth-order valence-corrected chi connectivity index (χ4v) is 2.67. The Morgan fingerprint density at radius 2 is 1.88 bits per heavy atom. The number of fused-ring (bicyclic) bond motifs is 1. The highest BCUT2D eigenvalue weighted by Crippen LogP contribution is 2.29. The van der Waals surface area contributed by atoms with E-state index in [1.165, 1.54) is 13.2 Å². The van der Waals surface area contributed by atoms with E-state index in [0.29, 0.717) is 5.82 Å². The molecule has 0 bridgehead atoms. The Bertz CT molecular complexity index is 993. The van der Waals surface area contributed by atoms with Crippen molar-refractivity contribution in [1.82, 2.24) is 4.98 Å². The molecule has 0 fully saturated rings. The zero-order valence-corrected chi connectivity index (χ0v) is 14.7. The van der Waals surface area contributed by atoms with Crippen molar-refractivity contribution >= 4 is 52.8 Å². The molecule has 2 aromatic carbocycles. The van der Waals surface area contributed by atoms with Crippen LogP contribution in [0.3, 0.4) is 0 Å². The Kier molecular flexibility index (Phi) is 4.94. The number of esters is 1. The van der Waals surface area contributed by atoms with Crippen LogP contribution < -0.4 is 15.4 Å². The van der Waals surface area contributed by atoms with Crippen LogP contribution in [0.2, 0.25) is 0 Å². The van der Waals surface area contributed by atoms with Gasteiger partial charge in [0.25, 0.3) is 0 Å². The van der Waals surface area contributed by atoms with Gasteiger partial charge < -0.3 is 10.5 Å². The number of aromatic nitrogens is 1. The number of urea groups is 1. The molecule has 0 unspecified atom stereocenters. The van der Waals surface area contributed by atoms with Gasteiger partial charge >= 0.3 is 12.0 Å². The minimum Gasteiger partial charge on any atom is -0.465 e. The Hall–Kier alpha value is -3.26. The van der Waals surface area contributed by atoms with Gasteiger partial charge in [-0.1, -0.05) is 43.1 Å². The fourth-order valence-electron chi connectivity index (χ4n) is 2.45. The molecule has 3 rings (SSSR count). The summed E-state index contributed by atoms with van der Waals surface area (Å²) in [6.45, 7) is 0. The number of pyridine rings is 1. The van der Waals surface area contributed by atoms with Gasteiger partial charge in [0.05, 0.1) is 24.0 Å². The second-order valence-electron chi connectivity index (χ2n) is 5.39. The number of nitrogens with zero attached hydrogens (tertiary/aromatic N) is 2. The number of hydrogen-bond acceptors (Lipinski definition) is 6. The van der Waals surface area contributed by atoms with E-state index in [4.69, 9.17) is 5.73 Å². The Morgan fingerprint density at radius 3 is 2.62 bits per heavy atom. The lowest BCUT2D eigenvalue weighted by atomic mass is 10.1. The summed E-state index contributed by atoms with van der Waals surface area (Å²) < 4.78 is 5.69. The van der Waals surface area contributed by atoms with E-state index in [0.717, 1.165) is 15.1 Å². The number of anilines is 3. The molecule has 26 heavy (non-hydrogen) atoms. The number of thiol groups is 1. The van der Waals surface area contributed by atoms with E-state index in [1.807, 2.05) is 24.3 Å². The van der Waals surface area contributed by atoms with Gasteiger partial charge in [0, 0.05) is 11.6 Å². The maximum Gasteiger partial charge on any atom is 0.340 e. The molecule has 3 N–H and O–H groups in total. The van der Waals surface area contributed by atoms with Crippen molar-refractivity contribution in [2.75, 3.05) is 22.5 Å². The Labute approximate surface area is 155 Å². The number of carbonyl (C=O) groups excluding carboxylic acids is 2. The molecular formula is C18H16N4O3S. The largest absolute Gasteiger partial charge is 0.465 e. The number of para-hydroxylation sites is 1. The molecule has 0 aliphatic heterocycles. The van der Waals surface area contributed by atoms with Gasteiger partial charge in [0.15, 0.2) is 0 Å². The summed E-state index contributed by atoms with van der Waals surface area (Å²) in [6.07, 6.45) is 1.67. The van der Waals surface area contributed by atoms with Crippen LogP contribution in [0.5, 0.6) is 0 Å². The van der Waals surface area contributed by atoms with E-state index in [2.05, 4.69) is 27.9 Å². The van der Waals surface area contributed by atoms with Crippen molar-refractivity contribution in [3.05, 3.63) is 60.3 Å². The third kappa shape index (κ3) is 3.40. The normalized spacial score (nSPS) is 10.4. The van der Waals surface area contributed by atoms with Gasteiger partial charge in [-0.15, -0.1) is 0 Å². The molecule has 0 radical (unpaired) electrons. The second kappa shape index (κ2) is 7.32. The first-order valence-corrected chi connectivity index (χ1v) is 8.03. The van der Waals surface area contributed by atoms with Crippen LogP contribution in [-0.2, 0) is 4.74 Å². The highest BCUT2D eigenvalue weighted by Gasteiger charge is 2.20. The number of carbonyl (C=O) groups is 2. The number of ether oxygens (including phenoxy) is 1. The van der Waals surface area contributed by atoms with Crippen molar-refractivity contribution in [2.24, 2.45) is 0 Å². The highest BCUT2D eigenvalue weighted by molar-refractivity contribution is 7.82. The number of nitrogen functional groups attached to an aromatic ring is 1. The molecule has 132 valence electrons. The van der Waals surface area contributed by atoms with Gasteiger partial charge in [-0.25, -0.2) is 18.9 Å². The molecule has 0 aliphatic carbocycles. The summed E-state index contributed by atoms with van der Waals surface area (Å²) in [6, 6.07) is 13.5. The van der Waals surface area contributed by atoms with Crippen LogP contribution in [0, 0.1) is 0 Å². The number of nitrogens with one attached hydrogen (secondary N) is 1. The highest BCUT2D eigenvalue weighted by atomic mass is 32.1. The Morgan fingerprint density at radius 1 is 1.15 bits per heavy atom. The number of benzene rings is 2. The summed E-state index contributed by atoms with van der Waals surface area (Å²) >= 11 is 4.19. The molecule has 0 spiro atoms. The predicted molar refractivity (Wildman–Crippen MR) is 104 cm³/mol. The zero-order chi connectivity index (χ0) is 18.7. The standard InChI is InChI=1S/C18H16N4O3S/c1-25-17(23)13-7-4-8-14(16(13)19)22(26)18(24)21-15-9-11-5-2-3-6-12(11)10-20-15/h2-10,26H,19H2,1H3,(H,20,21,24). The van der Waals surface area contributed by atoms with Crippen LogP contribution in [0.4, 0.5) is 22.0 Å². The lowest BCUT2D eigenvalue weighted by Gasteiger charge is -2.19. The zero-order valence-electron chi connectivity index (χ0n) is 13.8. The minimum absolute atomic E-state index is 0.0935. The van der Waals surface area contributed by atoms with Crippen molar-refractivity contribution in [1.29, 1.82) is 0 Å². The van der Waals surface area contributed by atoms with E-state index in [9.17, 15) is 9.59 Å². The topological polar surface area (TPSA) is 97.5 Å². The van der Waals surface area contributed by atoms with Gasteiger partial charge in [-0.3, -0.25) is 5.32 Å². The third-order valence-electron chi connectivity index (χ3n) is 3.77. The van der Waals surface area contributed by atoms with Crippen LogP contribution in [0.1, 0.15) is 10.4 Å². The predicted octanol–water partition coefficient (Wildman–Crippen LogP) is 3.49. The van der Waals surface area contributed by atoms with Crippen molar-refractivity contribution in [3.8, 4) is 0 Å². The maximum atomic E-state index is 12.5. The molecule has 1 heterocycles. The van der Waals surface area contributed by atoms with Crippen LogP contribution in [0.15, 0.2) is 54.7 Å². The average molecular weight is 368 g/mol. The van der Waals surface area contributed by atoms with Crippen LogP contribution in [-0.4, -0.2) is 24.1 Å². The summed E-state index contributed by atoms with van der Waals surface area (Å²) in [7, 11) is 1.25.